The second-order valence-electron chi connectivity index (χ2n) is 5.83. The van der Waals surface area contributed by atoms with Crippen molar-refractivity contribution in [1.29, 1.82) is 0 Å². The monoisotopic (exact) mass is 389 g/mol. The Bertz CT molecular complexity index is 684. The van der Waals surface area contributed by atoms with E-state index in [0.717, 1.165) is 27.8 Å². The summed E-state index contributed by atoms with van der Waals surface area (Å²) in [7, 11) is 0. The van der Waals surface area contributed by atoms with Crippen molar-refractivity contribution in [3.63, 3.8) is 0 Å². The molecule has 1 amide bonds. The summed E-state index contributed by atoms with van der Waals surface area (Å²) in [6, 6.07) is 15.9. The Labute approximate surface area is 150 Å². The highest BCUT2D eigenvalue weighted by molar-refractivity contribution is 9.10. The first-order chi connectivity index (χ1) is 11.7. The normalized spacial score (nSPS) is 16.8. The number of ether oxygens (including phenoxy) is 2. The summed E-state index contributed by atoms with van der Waals surface area (Å²) >= 11 is 3.46. The van der Waals surface area contributed by atoms with E-state index >= 15 is 0 Å². The number of halogens is 1. The maximum atomic E-state index is 12.3. The van der Waals surface area contributed by atoms with Crippen LogP contribution in [0.1, 0.15) is 17.5 Å². The zero-order valence-electron chi connectivity index (χ0n) is 13.3. The highest BCUT2D eigenvalue weighted by atomic mass is 79.9. The second kappa shape index (κ2) is 8.31. The van der Waals surface area contributed by atoms with Crippen LogP contribution in [0.3, 0.4) is 0 Å². The van der Waals surface area contributed by atoms with E-state index < -0.39 is 0 Å². The highest BCUT2D eigenvalue weighted by Gasteiger charge is 2.19. The molecule has 1 N–H and O–H groups in total. The van der Waals surface area contributed by atoms with Crippen LogP contribution >= 0.6 is 15.9 Å². The van der Waals surface area contributed by atoms with Crippen molar-refractivity contribution < 1.29 is 14.3 Å². The lowest BCUT2D eigenvalue weighted by Gasteiger charge is -2.14. The minimum atomic E-state index is -0.00633. The number of hydrogen-bond acceptors (Lipinski definition) is 3. The molecule has 0 spiro atoms. The van der Waals surface area contributed by atoms with Gasteiger partial charge in [0.05, 0.1) is 19.1 Å². The van der Waals surface area contributed by atoms with E-state index in [2.05, 4.69) is 21.2 Å². The minimum absolute atomic E-state index is 0.00633. The topological polar surface area (TPSA) is 47.6 Å². The zero-order valence-corrected chi connectivity index (χ0v) is 14.9. The fourth-order valence-corrected chi connectivity index (χ4v) is 3.07. The van der Waals surface area contributed by atoms with Crippen LogP contribution < -0.4 is 10.1 Å². The summed E-state index contributed by atoms with van der Waals surface area (Å²) in [4.78, 5) is 12.3. The molecule has 5 heteroatoms. The maximum Gasteiger partial charge on any atom is 0.224 e. The van der Waals surface area contributed by atoms with Crippen LogP contribution in [0.25, 0.3) is 0 Å². The standard InChI is InChI=1S/C19H20BrNO3/c20-16-6-7-18(24-12-14-4-2-1-3-5-14)15(10-16)11-19(22)21-17-8-9-23-13-17/h1-7,10,17H,8-9,11-13H2,(H,21,22). The smallest absolute Gasteiger partial charge is 0.224 e. The summed E-state index contributed by atoms with van der Waals surface area (Å²) < 4.78 is 12.1. The van der Waals surface area contributed by atoms with Crippen molar-refractivity contribution in [3.05, 3.63) is 64.1 Å². The van der Waals surface area contributed by atoms with Crippen molar-refractivity contribution in [2.45, 2.75) is 25.5 Å². The Morgan fingerprint density at radius 1 is 1.25 bits per heavy atom. The van der Waals surface area contributed by atoms with Gasteiger partial charge in [0, 0.05) is 16.6 Å². The second-order valence-corrected chi connectivity index (χ2v) is 6.75. The summed E-state index contributed by atoms with van der Waals surface area (Å²) in [5.41, 5.74) is 1.97. The number of nitrogens with one attached hydrogen (secondary N) is 1. The summed E-state index contributed by atoms with van der Waals surface area (Å²) in [5.74, 6) is 0.730. The molecule has 0 aromatic heterocycles. The van der Waals surface area contributed by atoms with E-state index in [1.54, 1.807) is 0 Å². The maximum absolute atomic E-state index is 12.3. The van der Waals surface area contributed by atoms with Crippen molar-refractivity contribution in [3.8, 4) is 5.75 Å². The average molecular weight is 390 g/mol. The van der Waals surface area contributed by atoms with Gasteiger partial charge in [-0.1, -0.05) is 46.3 Å². The van der Waals surface area contributed by atoms with Gasteiger partial charge in [-0.25, -0.2) is 0 Å². The number of carbonyl (C=O) groups is 1. The van der Waals surface area contributed by atoms with Gasteiger partial charge in [-0.05, 0) is 30.2 Å². The molecule has 1 heterocycles. The molecule has 1 saturated heterocycles. The van der Waals surface area contributed by atoms with E-state index in [0.29, 0.717) is 26.2 Å². The first-order valence-electron chi connectivity index (χ1n) is 8.03. The van der Waals surface area contributed by atoms with Crippen molar-refractivity contribution in [1.82, 2.24) is 5.32 Å². The van der Waals surface area contributed by atoms with Gasteiger partial charge in [-0.3, -0.25) is 4.79 Å². The first kappa shape index (κ1) is 17.0. The Morgan fingerprint density at radius 3 is 2.83 bits per heavy atom. The van der Waals surface area contributed by atoms with Crippen LogP contribution in [0.4, 0.5) is 0 Å². The van der Waals surface area contributed by atoms with E-state index in [-0.39, 0.29) is 11.9 Å². The molecule has 24 heavy (non-hydrogen) atoms. The molecule has 1 aliphatic heterocycles. The van der Waals surface area contributed by atoms with Crippen molar-refractivity contribution in [2.24, 2.45) is 0 Å². The van der Waals surface area contributed by atoms with E-state index in [9.17, 15) is 4.79 Å². The number of benzene rings is 2. The third-order valence-corrected chi connectivity index (χ3v) is 4.40. The third-order valence-electron chi connectivity index (χ3n) is 3.91. The molecule has 126 valence electrons. The number of rotatable bonds is 6. The van der Waals surface area contributed by atoms with Gasteiger partial charge < -0.3 is 14.8 Å². The predicted molar refractivity (Wildman–Crippen MR) is 96.0 cm³/mol. The van der Waals surface area contributed by atoms with Gasteiger partial charge in [0.25, 0.3) is 0 Å². The molecule has 1 fully saturated rings. The molecule has 0 aliphatic carbocycles. The van der Waals surface area contributed by atoms with Crippen LogP contribution in [0.15, 0.2) is 53.0 Å². The molecule has 0 bridgehead atoms. The molecule has 2 aromatic rings. The highest BCUT2D eigenvalue weighted by Crippen LogP contribution is 2.25. The van der Waals surface area contributed by atoms with Crippen molar-refractivity contribution in [2.75, 3.05) is 13.2 Å². The van der Waals surface area contributed by atoms with Crippen LogP contribution in [0, 0.1) is 0 Å². The molecular formula is C19H20BrNO3. The minimum Gasteiger partial charge on any atom is -0.489 e. The molecule has 0 radical (unpaired) electrons. The van der Waals surface area contributed by atoms with E-state index in [1.807, 2.05) is 48.5 Å². The van der Waals surface area contributed by atoms with Gasteiger partial charge >= 0.3 is 0 Å². The van der Waals surface area contributed by atoms with Crippen LogP contribution in [-0.2, 0) is 22.6 Å². The molecule has 1 unspecified atom stereocenters. The zero-order chi connectivity index (χ0) is 16.8. The molecule has 1 atom stereocenters. The quantitative estimate of drug-likeness (QED) is 0.822. The third kappa shape index (κ3) is 4.82. The summed E-state index contributed by atoms with van der Waals surface area (Å²) in [6.45, 7) is 1.79. The van der Waals surface area contributed by atoms with Gasteiger partial charge in [-0.15, -0.1) is 0 Å². The number of hydrogen-bond donors (Lipinski definition) is 1. The van der Waals surface area contributed by atoms with Gasteiger partial charge in [0.1, 0.15) is 12.4 Å². The fourth-order valence-electron chi connectivity index (χ4n) is 2.66. The number of amides is 1. The molecule has 4 nitrogen and oxygen atoms in total. The lowest BCUT2D eigenvalue weighted by Crippen LogP contribution is -2.36. The van der Waals surface area contributed by atoms with Crippen LogP contribution in [0.5, 0.6) is 5.75 Å². The summed E-state index contributed by atoms with van der Waals surface area (Å²) in [5, 5.41) is 3.01. The van der Waals surface area contributed by atoms with Crippen LogP contribution in [-0.4, -0.2) is 25.2 Å². The Kier molecular flexibility index (Phi) is 5.88. The van der Waals surface area contributed by atoms with Crippen LogP contribution in [0.2, 0.25) is 0 Å². The largest absolute Gasteiger partial charge is 0.489 e. The number of carbonyl (C=O) groups excluding carboxylic acids is 1. The van der Waals surface area contributed by atoms with Gasteiger partial charge in [-0.2, -0.15) is 0 Å². The van der Waals surface area contributed by atoms with Crippen molar-refractivity contribution >= 4 is 21.8 Å². The first-order valence-corrected chi connectivity index (χ1v) is 8.82. The molecule has 1 aliphatic rings. The lowest BCUT2D eigenvalue weighted by molar-refractivity contribution is -0.121. The molecular weight excluding hydrogens is 370 g/mol. The Morgan fingerprint density at radius 2 is 2.08 bits per heavy atom. The summed E-state index contributed by atoms with van der Waals surface area (Å²) in [6.07, 6.45) is 1.17. The SMILES string of the molecule is O=C(Cc1cc(Br)ccc1OCc1ccccc1)NC1CCOC1. The lowest BCUT2D eigenvalue weighted by atomic mass is 10.1. The Balaban J connectivity index is 1.64. The Hall–Kier alpha value is -1.85. The predicted octanol–water partition coefficient (Wildman–Crippen LogP) is 3.48. The fraction of sp³-hybridized carbons (Fsp3) is 0.316. The molecule has 2 aromatic carbocycles. The molecule has 3 rings (SSSR count). The molecule has 0 saturated carbocycles. The van der Waals surface area contributed by atoms with E-state index in [1.165, 1.54) is 0 Å². The van der Waals surface area contributed by atoms with Gasteiger partial charge in [0.15, 0.2) is 0 Å². The average Bonchev–Trinajstić information content (AvgIpc) is 3.08. The van der Waals surface area contributed by atoms with E-state index in [4.69, 9.17) is 9.47 Å². The van der Waals surface area contributed by atoms with Gasteiger partial charge in [0.2, 0.25) is 5.91 Å².